The van der Waals surface area contributed by atoms with E-state index in [0.29, 0.717) is 17.6 Å². The second-order valence-corrected chi connectivity index (χ2v) is 7.17. The second-order valence-electron chi connectivity index (χ2n) is 6.61. The molecule has 1 aromatic rings. The molecule has 1 fully saturated rings. The molecule has 0 saturated heterocycles. The summed E-state index contributed by atoms with van der Waals surface area (Å²) in [7, 11) is 1.55. The molecule has 1 saturated carbocycles. The van der Waals surface area contributed by atoms with Crippen LogP contribution in [0.3, 0.4) is 0 Å². The van der Waals surface area contributed by atoms with Gasteiger partial charge in [-0.05, 0) is 41.7 Å². The fourth-order valence-electron chi connectivity index (χ4n) is 3.47. The topological polar surface area (TPSA) is 9.23 Å². The first-order valence-corrected chi connectivity index (χ1v) is 7.78. The minimum absolute atomic E-state index is 0.121. The molecule has 1 aliphatic rings. The average molecular weight is 299 g/mol. The van der Waals surface area contributed by atoms with Gasteiger partial charge in [0.05, 0.1) is 7.11 Å². The van der Waals surface area contributed by atoms with Gasteiger partial charge in [0, 0.05) is 11.4 Å². The Morgan fingerprint density at radius 1 is 1.30 bits per heavy atom. The molecule has 0 amide bonds. The van der Waals surface area contributed by atoms with Crippen molar-refractivity contribution in [3.63, 3.8) is 0 Å². The highest BCUT2D eigenvalue weighted by atomic mass is 35.5. The van der Waals surface area contributed by atoms with Crippen LogP contribution in [0.25, 0.3) is 0 Å². The third-order valence-electron chi connectivity index (χ3n) is 4.83. The maximum atomic E-state index is 14.4. The SMILES string of the molecule is COc1ccc(C(C)(C)C2CCC(C)CC2Cl)c(F)c1. The van der Waals surface area contributed by atoms with Gasteiger partial charge in [0.25, 0.3) is 0 Å². The van der Waals surface area contributed by atoms with E-state index in [9.17, 15) is 4.39 Å². The standard InChI is InChI=1S/C17H24ClFO/c1-11-5-7-13(15(18)9-11)17(2,3)14-8-6-12(20-4)10-16(14)19/h6,8,10-11,13,15H,5,7,9H2,1-4H3. The van der Waals surface area contributed by atoms with Gasteiger partial charge in [0.15, 0.2) is 0 Å². The highest BCUT2D eigenvalue weighted by molar-refractivity contribution is 6.20. The number of hydrogen-bond donors (Lipinski definition) is 0. The highest BCUT2D eigenvalue weighted by Gasteiger charge is 2.40. The van der Waals surface area contributed by atoms with E-state index in [-0.39, 0.29) is 16.6 Å². The molecule has 0 bridgehead atoms. The lowest BCUT2D eigenvalue weighted by molar-refractivity contribution is 0.203. The average Bonchev–Trinajstić information content (AvgIpc) is 2.37. The van der Waals surface area contributed by atoms with Crippen LogP contribution in [0.4, 0.5) is 4.39 Å². The molecule has 20 heavy (non-hydrogen) atoms. The third-order valence-corrected chi connectivity index (χ3v) is 5.31. The molecule has 1 nitrogen and oxygen atoms in total. The number of hydrogen-bond acceptors (Lipinski definition) is 1. The summed E-state index contributed by atoms with van der Waals surface area (Å²) in [6.07, 6.45) is 3.26. The van der Waals surface area contributed by atoms with E-state index in [2.05, 4.69) is 20.8 Å². The summed E-state index contributed by atoms with van der Waals surface area (Å²) in [5.41, 5.74) is 0.478. The molecular weight excluding hydrogens is 275 g/mol. The molecule has 1 aliphatic carbocycles. The molecule has 1 aromatic carbocycles. The van der Waals surface area contributed by atoms with E-state index in [0.717, 1.165) is 18.4 Å². The van der Waals surface area contributed by atoms with Crippen molar-refractivity contribution in [2.24, 2.45) is 11.8 Å². The van der Waals surface area contributed by atoms with Crippen LogP contribution >= 0.6 is 11.6 Å². The van der Waals surface area contributed by atoms with Gasteiger partial charge in [-0.15, -0.1) is 11.6 Å². The molecule has 0 radical (unpaired) electrons. The number of methoxy groups -OCH3 is 1. The van der Waals surface area contributed by atoms with E-state index < -0.39 is 0 Å². The first kappa shape index (κ1) is 15.6. The Morgan fingerprint density at radius 3 is 2.55 bits per heavy atom. The number of ether oxygens (including phenoxy) is 1. The van der Waals surface area contributed by atoms with Crippen molar-refractivity contribution in [3.05, 3.63) is 29.6 Å². The van der Waals surface area contributed by atoms with E-state index in [1.807, 2.05) is 12.1 Å². The summed E-state index contributed by atoms with van der Waals surface area (Å²) < 4.78 is 19.4. The molecule has 0 N–H and O–H groups in total. The minimum atomic E-state index is -0.261. The molecule has 0 aliphatic heterocycles. The van der Waals surface area contributed by atoms with Gasteiger partial charge in [-0.2, -0.15) is 0 Å². The first-order valence-electron chi connectivity index (χ1n) is 7.34. The van der Waals surface area contributed by atoms with Crippen molar-refractivity contribution in [1.82, 2.24) is 0 Å². The predicted molar refractivity (Wildman–Crippen MR) is 82.1 cm³/mol. The zero-order valence-electron chi connectivity index (χ0n) is 12.7. The van der Waals surface area contributed by atoms with Gasteiger partial charge < -0.3 is 4.74 Å². The van der Waals surface area contributed by atoms with Crippen LogP contribution in [0, 0.1) is 17.7 Å². The van der Waals surface area contributed by atoms with Crippen molar-refractivity contribution >= 4 is 11.6 Å². The third kappa shape index (κ3) is 2.95. The van der Waals surface area contributed by atoms with E-state index in [1.165, 1.54) is 12.5 Å². The van der Waals surface area contributed by atoms with E-state index in [4.69, 9.17) is 16.3 Å². The molecule has 112 valence electrons. The summed E-state index contributed by atoms with van der Waals surface area (Å²) in [5, 5.41) is 0.121. The lowest BCUT2D eigenvalue weighted by atomic mass is 9.65. The molecule has 3 heteroatoms. The largest absolute Gasteiger partial charge is 0.497 e. The van der Waals surface area contributed by atoms with Crippen LogP contribution < -0.4 is 4.74 Å². The van der Waals surface area contributed by atoms with Gasteiger partial charge in [-0.1, -0.05) is 33.3 Å². The Bertz CT molecular complexity index is 472. The summed E-state index contributed by atoms with van der Waals surface area (Å²) in [6, 6.07) is 5.14. The molecular formula is C17H24ClFO. The minimum Gasteiger partial charge on any atom is -0.497 e. The number of halogens is 2. The monoisotopic (exact) mass is 298 g/mol. The maximum absolute atomic E-state index is 14.4. The van der Waals surface area contributed by atoms with Crippen LogP contribution in [0.5, 0.6) is 5.75 Å². The van der Waals surface area contributed by atoms with Crippen molar-refractivity contribution in [1.29, 1.82) is 0 Å². The lowest BCUT2D eigenvalue weighted by Gasteiger charge is -2.42. The smallest absolute Gasteiger partial charge is 0.130 e. The normalized spacial score (nSPS) is 27.4. The fraction of sp³-hybridized carbons (Fsp3) is 0.647. The van der Waals surface area contributed by atoms with Crippen molar-refractivity contribution < 1.29 is 9.13 Å². The van der Waals surface area contributed by atoms with E-state index >= 15 is 0 Å². The quantitative estimate of drug-likeness (QED) is 0.701. The van der Waals surface area contributed by atoms with Gasteiger partial charge >= 0.3 is 0 Å². The molecule has 3 atom stereocenters. The zero-order valence-corrected chi connectivity index (χ0v) is 13.5. The molecule has 0 heterocycles. The van der Waals surface area contributed by atoms with Crippen molar-refractivity contribution in [2.45, 2.75) is 50.8 Å². The summed E-state index contributed by atoms with van der Waals surface area (Å²) in [4.78, 5) is 0. The summed E-state index contributed by atoms with van der Waals surface area (Å²) in [6.45, 7) is 6.45. The van der Waals surface area contributed by atoms with Crippen LogP contribution in [0.15, 0.2) is 18.2 Å². The molecule has 2 rings (SSSR count). The van der Waals surface area contributed by atoms with Gasteiger partial charge in [0.1, 0.15) is 11.6 Å². The van der Waals surface area contributed by atoms with Gasteiger partial charge in [-0.25, -0.2) is 4.39 Å². The Kier molecular flexibility index (Phi) is 4.63. The first-order chi connectivity index (χ1) is 9.36. The summed E-state index contributed by atoms with van der Waals surface area (Å²) in [5.74, 6) is 1.34. The van der Waals surface area contributed by atoms with Crippen LogP contribution in [0.1, 0.15) is 45.6 Å². The molecule has 0 spiro atoms. The molecule has 3 unspecified atom stereocenters. The van der Waals surface area contributed by atoms with Crippen LogP contribution in [-0.4, -0.2) is 12.5 Å². The second kappa shape index (κ2) is 5.93. The fourth-order valence-corrected chi connectivity index (χ4v) is 4.21. The number of benzene rings is 1. The number of rotatable bonds is 3. The van der Waals surface area contributed by atoms with Crippen molar-refractivity contribution in [3.8, 4) is 5.75 Å². The Hall–Kier alpha value is -0.760. The van der Waals surface area contributed by atoms with Gasteiger partial charge in [-0.3, -0.25) is 0 Å². The number of alkyl halides is 1. The van der Waals surface area contributed by atoms with Crippen molar-refractivity contribution in [2.75, 3.05) is 7.11 Å². The summed E-state index contributed by atoms with van der Waals surface area (Å²) >= 11 is 6.58. The van der Waals surface area contributed by atoms with Gasteiger partial charge in [0.2, 0.25) is 0 Å². The lowest BCUT2D eigenvalue weighted by Crippen LogP contribution is -2.39. The molecule has 0 aromatic heterocycles. The predicted octanol–water partition coefficient (Wildman–Crippen LogP) is 5.16. The Morgan fingerprint density at radius 2 is 2.00 bits per heavy atom. The van der Waals surface area contributed by atoms with Crippen LogP contribution in [0.2, 0.25) is 0 Å². The maximum Gasteiger partial charge on any atom is 0.130 e. The Labute approximate surface area is 126 Å². The van der Waals surface area contributed by atoms with Crippen LogP contribution in [-0.2, 0) is 5.41 Å². The Balaban J connectivity index is 2.29. The zero-order chi connectivity index (χ0) is 14.9. The van der Waals surface area contributed by atoms with E-state index in [1.54, 1.807) is 7.11 Å². The highest BCUT2D eigenvalue weighted by Crippen LogP contribution is 2.45.